The van der Waals surface area contributed by atoms with Gasteiger partial charge in [-0.1, -0.05) is 23.7 Å². The number of nitrogens with one attached hydrogen (secondary N) is 2. The molecule has 176 valence electrons. The summed E-state index contributed by atoms with van der Waals surface area (Å²) in [5, 5.41) is 6.37. The minimum absolute atomic E-state index is 0.153. The Bertz CT molecular complexity index is 1330. The van der Waals surface area contributed by atoms with Crippen LogP contribution in [0.4, 0.5) is 23.1 Å². The van der Waals surface area contributed by atoms with Crippen LogP contribution in [-0.2, 0) is 14.4 Å². The van der Waals surface area contributed by atoms with Crippen LogP contribution in [0.3, 0.4) is 0 Å². The van der Waals surface area contributed by atoms with Gasteiger partial charge in [-0.05, 0) is 57.5 Å². The molecule has 11 heteroatoms. The van der Waals surface area contributed by atoms with Crippen molar-refractivity contribution < 1.29 is 17.7 Å². The van der Waals surface area contributed by atoms with E-state index in [0.29, 0.717) is 22.4 Å². The summed E-state index contributed by atoms with van der Waals surface area (Å²) >= 11 is 6.30. The van der Waals surface area contributed by atoms with E-state index >= 15 is 0 Å². The quantitative estimate of drug-likeness (QED) is 0.406. The Labute approximate surface area is 199 Å². The Morgan fingerprint density at radius 3 is 2.39 bits per heavy atom. The third-order valence-electron chi connectivity index (χ3n) is 4.86. The number of rotatable bonds is 8. The van der Waals surface area contributed by atoms with Gasteiger partial charge in [-0.25, -0.2) is 13.4 Å². The van der Waals surface area contributed by atoms with E-state index in [9.17, 15) is 13.0 Å². The fourth-order valence-electron chi connectivity index (χ4n) is 2.96. The molecule has 1 aromatic heterocycles. The molecule has 3 rings (SSSR count). The lowest BCUT2D eigenvalue weighted by molar-refractivity contribution is 0.417. The summed E-state index contributed by atoms with van der Waals surface area (Å²) in [5.74, 6) is 0.949. The largest absolute Gasteiger partial charge is 0.495 e. The van der Waals surface area contributed by atoms with Gasteiger partial charge in [-0.2, -0.15) is 4.98 Å². The van der Waals surface area contributed by atoms with Crippen LogP contribution in [-0.4, -0.2) is 44.1 Å². The van der Waals surface area contributed by atoms with Gasteiger partial charge < -0.3 is 19.9 Å². The first-order chi connectivity index (χ1) is 15.4. The summed E-state index contributed by atoms with van der Waals surface area (Å²) in [7, 11) is -4.51. The molecular weight excluding hydrogens is 483 g/mol. The minimum Gasteiger partial charge on any atom is -0.495 e. The molecule has 0 saturated carbocycles. The van der Waals surface area contributed by atoms with Crippen LogP contribution in [0.15, 0.2) is 53.6 Å². The van der Waals surface area contributed by atoms with Crippen molar-refractivity contribution >= 4 is 57.0 Å². The van der Waals surface area contributed by atoms with E-state index < -0.39 is 22.2 Å². The molecule has 0 radical (unpaired) electrons. The third-order valence-corrected chi connectivity index (χ3v) is 8.87. The normalized spacial score (nSPS) is 12.0. The van der Waals surface area contributed by atoms with Gasteiger partial charge >= 0.3 is 0 Å². The van der Waals surface area contributed by atoms with E-state index in [-0.39, 0.29) is 21.7 Å². The second kappa shape index (κ2) is 9.71. The van der Waals surface area contributed by atoms with Crippen molar-refractivity contribution in [3.05, 3.63) is 53.7 Å². The zero-order chi connectivity index (χ0) is 24.4. The average Bonchev–Trinajstić information content (AvgIpc) is 2.75. The molecular formula is C22H26ClN4O4PS. The highest BCUT2D eigenvalue weighted by Gasteiger charge is 2.23. The van der Waals surface area contributed by atoms with Crippen LogP contribution < -0.4 is 20.7 Å². The number of benzene rings is 2. The zero-order valence-corrected chi connectivity index (χ0v) is 21.4. The summed E-state index contributed by atoms with van der Waals surface area (Å²) < 4.78 is 43.4. The molecule has 3 aromatic rings. The van der Waals surface area contributed by atoms with Crippen molar-refractivity contribution in [2.24, 2.45) is 0 Å². The summed E-state index contributed by atoms with van der Waals surface area (Å²) in [4.78, 5) is 8.77. The number of hydrogen-bond acceptors (Lipinski definition) is 8. The van der Waals surface area contributed by atoms with Gasteiger partial charge in [-0.15, -0.1) is 0 Å². The van der Waals surface area contributed by atoms with E-state index in [1.807, 2.05) is 0 Å². The van der Waals surface area contributed by atoms with Gasteiger partial charge in [0.15, 0.2) is 15.7 Å². The van der Waals surface area contributed by atoms with Gasteiger partial charge in [-0.3, -0.25) is 0 Å². The molecule has 0 aliphatic carbocycles. The lowest BCUT2D eigenvalue weighted by atomic mass is 10.3. The number of hydrogen-bond donors (Lipinski definition) is 2. The van der Waals surface area contributed by atoms with Crippen LogP contribution >= 0.6 is 18.7 Å². The number of para-hydroxylation sites is 1. The van der Waals surface area contributed by atoms with Crippen molar-refractivity contribution in [3.63, 3.8) is 0 Å². The number of aromatic nitrogens is 2. The maximum atomic E-state index is 12.8. The standard InChI is InChI=1S/C22H26ClN4O4PS/c1-14(2)33(29,30)20-9-7-6-8-17(20)25-21-16(23)13-24-22(27-21)26-18-12-15(32(4,5)28)10-11-19(18)31-3/h6-14H,1-5H3,(H2,24,25,26,27). The molecule has 2 N–H and O–H groups in total. The third kappa shape index (κ3) is 5.66. The number of anilines is 4. The summed E-state index contributed by atoms with van der Waals surface area (Å²) in [6.45, 7) is 6.61. The predicted octanol–water partition coefficient (Wildman–Crippen LogP) is 5.06. The molecule has 1 heterocycles. The van der Waals surface area contributed by atoms with Crippen molar-refractivity contribution in [1.82, 2.24) is 9.97 Å². The highest BCUT2D eigenvalue weighted by molar-refractivity contribution is 7.92. The topological polar surface area (TPSA) is 110 Å². The fraction of sp³-hybridized carbons (Fsp3) is 0.273. The number of methoxy groups -OCH3 is 1. The average molecular weight is 509 g/mol. The zero-order valence-electron chi connectivity index (χ0n) is 19.0. The first-order valence-corrected chi connectivity index (χ1v) is 14.6. The molecule has 0 amide bonds. The first kappa shape index (κ1) is 25.0. The molecule has 0 fully saturated rings. The fourth-order valence-corrected chi connectivity index (χ4v) is 5.18. The molecule has 0 aliphatic heterocycles. The molecule has 33 heavy (non-hydrogen) atoms. The second-order valence-electron chi connectivity index (χ2n) is 7.97. The molecule has 8 nitrogen and oxygen atoms in total. The lowest BCUT2D eigenvalue weighted by Gasteiger charge is -2.16. The Kier molecular flexibility index (Phi) is 7.36. The highest BCUT2D eigenvalue weighted by Crippen LogP contribution is 2.38. The van der Waals surface area contributed by atoms with Crippen LogP contribution in [0.5, 0.6) is 5.75 Å². The van der Waals surface area contributed by atoms with Gasteiger partial charge in [0.25, 0.3) is 0 Å². The Morgan fingerprint density at radius 1 is 1.06 bits per heavy atom. The summed E-state index contributed by atoms with van der Waals surface area (Å²) in [6.07, 6.45) is 1.40. The Hall–Kier alpha value is -2.61. The van der Waals surface area contributed by atoms with Crippen molar-refractivity contribution in [3.8, 4) is 5.75 Å². The summed E-state index contributed by atoms with van der Waals surface area (Å²) in [6, 6.07) is 11.8. The number of nitrogens with zero attached hydrogens (tertiary/aromatic N) is 2. The molecule has 0 atom stereocenters. The van der Waals surface area contributed by atoms with Crippen molar-refractivity contribution in [2.45, 2.75) is 24.0 Å². The monoisotopic (exact) mass is 508 g/mol. The van der Waals surface area contributed by atoms with Crippen LogP contribution in [0.25, 0.3) is 0 Å². The molecule has 2 aromatic carbocycles. The smallest absolute Gasteiger partial charge is 0.229 e. The Morgan fingerprint density at radius 2 is 1.76 bits per heavy atom. The van der Waals surface area contributed by atoms with Gasteiger partial charge in [0.2, 0.25) is 5.95 Å². The predicted molar refractivity (Wildman–Crippen MR) is 134 cm³/mol. The van der Waals surface area contributed by atoms with Gasteiger partial charge in [0, 0.05) is 5.30 Å². The maximum Gasteiger partial charge on any atom is 0.229 e. The van der Waals surface area contributed by atoms with E-state index in [1.165, 1.54) is 19.4 Å². The molecule has 0 saturated heterocycles. The van der Waals surface area contributed by atoms with Crippen molar-refractivity contribution in [1.29, 1.82) is 0 Å². The minimum atomic E-state index is -3.53. The summed E-state index contributed by atoms with van der Waals surface area (Å²) in [5.41, 5.74) is 0.894. The van der Waals surface area contributed by atoms with Crippen LogP contribution in [0.2, 0.25) is 5.02 Å². The van der Waals surface area contributed by atoms with E-state index in [4.69, 9.17) is 16.3 Å². The molecule has 0 aliphatic rings. The SMILES string of the molecule is COc1ccc(P(C)(C)=O)cc1Nc1ncc(Cl)c(Nc2ccccc2S(=O)(=O)C(C)C)n1. The first-order valence-electron chi connectivity index (χ1n) is 10.1. The maximum absolute atomic E-state index is 12.8. The molecule has 0 unspecified atom stereocenters. The van der Waals surface area contributed by atoms with Gasteiger partial charge in [0.05, 0.1) is 34.8 Å². The Balaban J connectivity index is 1.99. The molecule has 0 spiro atoms. The van der Waals surface area contributed by atoms with E-state index in [0.717, 1.165) is 0 Å². The van der Waals surface area contributed by atoms with Crippen LogP contribution in [0.1, 0.15) is 13.8 Å². The number of ether oxygens (including phenoxy) is 1. The van der Waals surface area contributed by atoms with Crippen LogP contribution in [0, 0.1) is 0 Å². The van der Waals surface area contributed by atoms with E-state index in [1.54, 1.807) is 63.6 Å². The number of sulfone groups is 1. The highest BCUT2D eigenvalue weighted by atomic mass is 35.5. The number of halogens is 1. The lowest BCUT2D eigenvalue weighted by Crippen LogP contribution is -2.15. The second-order valence-corrected chi connectivity index (χ2v) is 14.1. The van der Waals surface area contributed by atoms with Crippen molar-refractivity contribution in [2.75, 3.05) is 31.1 Å². The van der Waals surface area contributed by atoms with E-state index in [2.05, 4.69) is 20.6 Å². The molecule has 0 bridgehead atoms. The van der Waals surface area contributed by atoms with Gasteiger partial charge in [0.1, 0.15) is 17.9 Å².